The van der Waals surface area contributed by atoms with Crippen LogP contribution < -0.4 is 0 Å². The Morgan fingerprint density at radius 1 is 0.875 bits per heavy atom. The van der Waals surface area contributed by atoms with Crippen molar-refractivity contribution in [3.63, 3.8) is 0 Å². The topological polar surface area (TPSA) is 60.2 Å². The number of hydrogen-bond donors (Lipinski definition) is 0. The Morgan fingerprint density at radius 3 is 1.83 bits per heavy atom. The van der Waals surface area contributed by atoms with E-state index in [0.29, 0.717) is 0 Å². The minimum atomic E-state index is -0.304. The van der Waals surface area contributed by atoms with Crippen LogP contribution in [0.5, 0.6) is 0 Å². The van der Waals surface area contributed by atoms with Crippen LogP contribution in [-0.4, -0.2) is 11.2 Å². The van der Waals surface area contributed by atoms with Crippen molar-refractivity contribution in [2.75, 3.05) is 0 Å². The molecule has 0 saturated carbocycles. The zero-order valence-electron chi connectivity index (χ0n) is 14.1. The Morgan fingerprint density at radius 2 is 1.33 bits per heavy atom. The second-order valence-electron chi connectivity index (χ2n) is 6.58. The van der Waals surface area contributed by atoms with Crippen LogP contribution in [0.2, 0.25) is 0 Å². The molecule has 1 aliphatic carbocycles. The number of aryl methyl sites for hydroxylation is 4. The number of benzene rings is 2. The highest BCUT2D eigenvalue weighted by Crippen LogP contribution is 2.28. The SMILES string of the molecule is Cc1c2cc(C=O)cc1CCc1cc([N+](=O)[O-])cc(c1C)CCC2. The van der Waals surface area contributed by atoms with Gasteiger partial charge in [-0.05, 0) is 91.5 Å². The van der Waals surface area contributed by atoms with E-state index < -0.39 is 0 Å². The molecule has 4 nitrogen and oxygen atoms in total. The van der Waals surface area contributed by atoms with Gasteiger partial charge in [0.15, 0.2) is 0 Å². The van der Waals surface area contributed by atoms with Crippen LogP contribution in [0.15, 0.2) is 24.3 Å². The predicted octanol–water partition coefficient (Wildman–Crippen LogP) is 4.30. The smallest absolute Gasteiger partial charge is 0.269 e. The van der Waals surface area contributed by atoms with Crippen molar-refractivity contribution >= 4 is 12.0 Å². The van der Waals surface area contributed by atoms with Crippen LogP contribution in [0.1, 0.15) is 50.2 Å². The van der Waals surface area contributed by atoms with Gasteiger partial charge < -0.3 is 0 Å². The lowest BCUT2D eigenvalue weighted by atomic mass is 9.92. The second-order valence-corrected chi connectivity index (χ2v) is 6.58. The summed E-state index contributed by atoms with van der Waals surface area (Å²) in [5.41, 5.74) is 7.83. The van der Waals surface area contributed by atoms with Gasteiger partial charge in [-0.2, -0.15) is 0 Å². The van der Waals surface area contributed by atoms with Gasteiger partial charge in [0.05, 0.1) is 4.92 Å². The maximum Gasteiger partial charge on any atom is 0.269 e. The third-order valence-corrected chi connectivity index (χ3v) is 5.16. The third kappa shape index (κ3) is 3.09. The molecule has 0 saturated heterocycles. The molecule has 0 N–H and O–H groups in total. The molecule has 0 heterocycles. The molecule has 3 rings (SSSR count). The minimum Gasteiger partial charge on any atom is -0.298 e. The lowest BCUT2D eigenvalue weighted by molar-refractivity contribution is -0.385. The van der Waals surface area contributed by atoms with E-state index in [2.05, 4.69) is 13.8 Å². The first-order valence-electron chi connectivity index (χ1n) is 8.34. The average molecular weight is 323 g/mol. The summed E-state index contributed by atoms with van der Waals surface area (Å²) < 4.78 is 0. The molecule has 4 bridgehead atoms. The number of carbonyl (C=O) groups excluding carboxylic acids is 1. The standard InChI is InChI=1S/C20H21NO3/c1-13-16-4-3-5-17-10-20(21(23)24)11-19(14(17)2)7-6-18(13)9-15(8-16)12-22/h8-12H,3-7H2,1-2H3. The fraction of sp³-hybridized carbons (Fsp3) is 0.350. The van der Waals surface area contributed by atoms with Gasteiger partial charge >= 0.3 is 0 Å². The number of nitrogens with zero attached hydrogens (tertiary/aromatic N) is 1. The average Bonchev–Trinajstić information content (AvgIpc) is 2.57. The lowest BCUT2D eigenvalue weighted by Gasteiger charge is -2.12. The van der Waals surface area contributed by atoms with E-state index in [1.54, 1.807) is 12.1 Å². The fourth-order valence-electron chi connectivity index (χ4n) is 3.64. The maximum atomic E-state index is 11.2. The molecule has 0 atom stereocenters. The molecule has 4 heteroatoms. The Labute approximate surface area is 141 Å². The first-order chi connectivity index (χ1) is 11.5. The maximum absolute atomic E-state index is 11.2. The van der Waals surface area contributed by atoms with E-state index in [0.717, 1.165) is 55.1 Å². The number of carbonyl (C=O) groups is 1. The Hall–Kier alpha value is -2.49. The van der Waals surface area contributed by atoms with Gasteiger partial charge in [-0.15, -0.1) is 0 Å². The number of fused-ring (bicyclic) bond motifs is 4. The number of aldehydes is 1. The first-order valence-corrected chi connectivity index (χ1v) is 8.34. The van der Waals surface area contributed by atoms with Crippen LogP contribution >= 0.6 is 0 Å². The Balaban J connectivity index is 2.08. The molecule has 0 aliphatic heterocycles. The Kier molecular flexibility index (Phi) is 4.47. The molecule has 2 aromatic carbocycles. The molecule has 0 aromatic heterocycles. The minimum absolute atomic E-state index is 0.182. The highest BCUT2D eigenvalue weighted by molar-refractivity contribution is 5.76. The van der Waals surface area contributed by atoms with E-state index >= 15 is 0 Å². The summed E-state index contributed by atoms with van der Waals surface area (Å²) in [7, 11) is 0. The van der Waals surface area contributed by atoms with E-state index in [-0.39, 0.29) is 10.6 Å². The van der Waals surface area contributed by atoms with E-state index in [1.165, 1.54) is 22.3 Å². The highest BCUT2D eigenvalue weighted by atomic mass is 16.6. The summed E-state index contributed by atoms with van der Waals surface area (Å²) in [4.78, 5) is 22.2. The molecule has 0 spiro atoms. The zero-order valence-corrected chi connectivity index (χ0v) is 14.1. The molecule has 2 aromatic rings. The van der Waals surface area contributed by atoms with Crippen LogP contribution in [0.25, 0.3) is 0 Å². The first kappa shape index (κ1) is 16.4. The van der Waals surface area contributed by atoms with Gasteiger partial charge in [0.25, 0.3) is 5.69 Å². The molecular weight excluding hydrogens is 302 g/mol. The molecular formula is C20H21NO3. The van der Waals surface area contributed by atoms with Gasteiger partial charge in [0, 0.05) is 17.7 Å². The van der Waals surface area contributed by atoms with E-state index in [4.69, 9.17) is 0 Å². The lowest BCUT2D eigenvalue weighted by Crippen LogP contribution is -2.02. The second kappa shape index (κ2) is 6.56. The van der Waals surface area contributed by atoms with Gasteiger partial charge in [0.2, 0.25) is 0 Å². The number of nitro groups is 1. The molecule has 0 fully saturated rings. The summed E-state index contributed by atoms with van der Waals surface area (Å²) in [6, 6.07) is 7.36. The normalized spacial score (nSPS) is 13.9. The summed E-state index contributed by atoms with van der Waals surface area (Å²) >= 11 is 0. The van der Waals surface area contributed by atoms with Crippen molar-refractivity contribution in [3.8, 4) is 0 Å². The summed E-state index contributed by atoms with van der Waals surface area (Å²) in [6.07, 6.45) is 5.08. The highest BCUT2D eigenvalue weighted by Gasteiger charge is 2.16. The third-order valence-electron chi connectivity index (χ3n) is 5.16. The molecule has 1 aliphatic rings. The van der Waals surface area contributed by atoms with Crippen molar-refractivity contribution in [2.45, 2.75) is 46.0 Å². The Bertz CT molecular complexity index is 824. The molecule has 24 heavy (non-hydrogen) atoms. The summed E-state index contributed by atoms with van der Waals surface area (Å²) in [5.74, 6) is 0. The van der Waals surface area contributed by atoms with E-state index in [1.807, 2.05) is 12.1 Å². The molecule has 0 amide bonds. The zero-order chi connectivity index (χ0) is 17.3. The van der Waals surface area contributed by atoms with Crippen LogP contribution in [-0.2, 0) is 25.7 Å². The van der Waals surface area contributed by atoms with Gasteiger partial charge in [-0.25, -0.2) is 0 Å². The summed E-state index contributed by atoms with van der Waals surface area (Å²) in [6.45, 7) is 4.17. The van der Waals surface area contributed by atoms with Crippen molar-refractivity contribution in [2.24, 2.45) is 0 Å². The van der Waals surface area contributed by atoms with E-state index in [9.17, 15) is 14.9 Å². The number of rotatable bonds is 2. The molecule has 0 radical (unpaired) electrons. The van der Waals surface area contributed by atoms with Gasteiger partial charge in [-0.3, -0.25) is 14.9 Å². The van der Waals surface area contributed by atoms with Crippen molar-refractivity contribution in [3.05, 3.63) is 73.3 Å². The van der Waals surface area contributed by atoms with Crippen molar-refractivity contribution in [1.82, 2.24) is 0 Å². The van der Waals surface area contributed by atoms with Gasteiger partial charge in [0.1, 0.15) is 6.29 Å². The summed E-state index contributed by atoms with van der Waals surface area (Å²) in [5, 5.41) is 11.2. The van der Waals surface area contributed by atoms with Crippen LogP contribution in [0.3, 0.4) is 0 Å². The largest absolute Gasteiger partial charge is 0.298 e. The molecule has 0 unspecified atom stereocenters. The predicted molar refractivity (Wildman–Crippen MR) is 93.8 cm³/mol. The number of hydrogen-bond acceptors (Lipinski definition) is 3. The monoisotopic (exact) mass is 323 g/mol. The number of non-ortho nitro benzene ring substituents is 1. The number of nitro benzene ring substituents is 1. The van der Waals surface area contributed by atoms with Crippen molar-refractivity contribution in [1.29, 1.82) is 0 Å². The van der Waals surface area contributed by atoms with Crippen molar-refractivity contribution < 1.29 is 9.72 Å². The van der Waals surface area contributed by atoms with Crippen LogP contribution in [0.4, 0.5) is 5.69 Å². The molecule has 124 valence electrons. The van der Waals surface area contributed by atoms with Crippen LogP contribution in [0, 0.1) is 24.0 Å². The fourth-order valence-corrected chi connectivity index (χ4v) is 3.64. The quantitative estimate of drug-likeness (QED) is 0.470. The van der Waals surface area contributed by atoms with Gasteiger partial charge in [-0.1, -0.05) is 0 Å².